The summed E-state index contributed by atoms with van der Waals surface area (Å²) in [5, 5.41) is 3.13. The Hall–Kier alpha value is -3.68. The minimum atomic E-state index is -0.465. The van der Waals surface area contributed by atoms with E-state index in [1.54, 1.807) is 31.2 Å². The minimum Gasteiger partial charge on any atom is -0.441 e. The van der Waals surface area contributed by atoms with Crippen LogP contribution in [0.25, 0.3) is 33.5 Å². The molecule has 4 aromatic rings. The first-order valence-corrected chi connectivity index (χ1v) is 8.20. The van der Waals surface area contributed by atoms with Gasteiger partial charge in [-0.1, -0.05) is 6.07 Å². The third-order valence-corrected chi connectivity index (χ3v) is 4.34. The van der Waals surface area contributed by atoms with E-state index in [1.807, 2.05) is 0 Å². The van der Waals surface area contributed by atoms with E-state index < -0.39 is 5.82 Å². The Bertz CT molecular complexity index is 1180. The van der Waals surface area contributed by atoms with Crippen LogP contribution in [-0.2, 0) is 0 Å². The zero-order valence-corrected chi connectivity index (χ0v) is 14.6. The normalized spacial score (nSPS) is 11.1. The van der Waals surface area contributed by atoms with E-state index in [-0.39, 0.29) is 11.7 Å². The van der Waals surface area contributed by atoms with Crippen LogP contribution in [0.15, 0.2) is 41.1 Å². The van der Waals surface area contributed by atoms with Crippen molar-refractivity contribution in [2.45, 2.75) is 6.92 Å². The van der Waals surface area contributed by atoms with Gasteiger partial charge in [-0.25, -0.2) is 14.4 Å². The first kappa shape index (κ1) is 16.8. The molecule has 3 aromatic heterocycles. The van der Waals surface area contributed by atoms with Gasteiger partial charge in [0.15, 0.2) is 11.7 Å². The first-order valence-electron chi connectivity index (χ1n) is 8.20. The van der Waals surface area contributed by atoms with Crippen LogP contribution in [0.3, 0.4) is 0 Å². The highest BCUT2D eigenvalue weighted by Crippen LogP contribution is 2.34. The topological polar surface area (TPSA) is 110 Å². The van der Waals surface area contributed by atoms with Crippen molar-refractivity contribution < 1.29 is 13.6 Å². The standard InChI is InChI=1S/C19H16FN5O2/c1-9-23-8-15(27-9)11-5-3-4-10(16(11)20)14-6-12-13(19(26)22-2)7-24-18(21)17(12)25-14/h3-8,25H,1-2H3,(H2,21,24)(H,22,26). The van der Waals surface area contributed by atoms with E-state index in [1.165, 1.54) is 19.4 Å². The van der Waals surface area contributed by atoms with Crippen molar-refractivity contribution in [2.75, 3.05) is 12.8 Å². The number of aryl methyl sites for hydroxylation is 1. The fraction of sp³-hybridized carbons (Fsp3) is 0.105. The van der Waals surface area contributed by atoms with Crippen molar-refractivity contribution in [3.63, 3.8) is 0 Å². The number of fused-ring (bicyclic) bond motifs is 1. The highest BCUT2D eigenvalue weighted by atomic mass is 19.1. The quantitative estimate of drug-likeness (QED) is 0.516. The maximum atomic E-state index is 15.2. The molecule has 0 atom stereocenters. The average molecular weight is 365 g/mol. The predicted octanol–water partition coefficient (Wildman–Crippen LogP) is 3.27. The number of nitrogens with one attached hydrogen (secondary N) is 2. The lowest BCUT2D eigenvalue weighted by molar-refractivity contribution is 0.0964. The summed E-state index contributed by atoms with van der Waals surface area (Å²) in [7, 11) is 1.53. The van der Waals surface area contributed by atoms with E-state index >= 15 is 4.39 Å². The van der Waals surface area contributed by atoms with Crippen molar-refractivity contribution in [1.82, 2.24) is 20.3 Å². The van der Waals surface area contributed by atoms with Crippen molar-refractivity contribution in [2.24, 2.45) is 0 Å². The molecule has 27 heavy (non-hydrogen) atoms. The zero-order chi connectivity index (χ0) is 19.1. The molecule has 0 aliphatic heterocycles. The molecule has 0 spiro atoms. The second-order valence-corrected chi connectivity index (χ2v) is 6.02. The Morgan fingerprint density at radius 2 is 2.04 bits per heavy atom. The number of carbonyl (C=O) groups is 1. The van der Waals surface area contributed by atoms with Gasteiger partial charge in [-0.2, -0.15) is 0 Å². The lowest BCUT2D eigenvalue weighted by Gasteiger charge is -2.05. The van der Waals surface area contributed by atoms with Crippen LogP contribution in [0.2, 0.25) is 0 Å². The number of anilines is 1. The Kier molecular flexibility index (Phi) is 3.88. The van der Waals surface area contributed by atoms with Crippen molar-refractivity contribution in [3.8, 4) is 22.6 Å². The molecule has 4 N–H and O–H groups in total. The SMILES string of the molecule is CNC(=O)c1cnc(N)c2[nH]c(-c3cccc(-c4cnc(C)o4)c3F)cc12. The monoisotopic (exact) mass is 365 g/mol. The minimum absolute atomic E-state index is 0.228. The highest BCUT2D eigenvalue weighted by Gasteiger charge is 2.19. The van der Waals surface area contributed by atoms with Gasteiger partial charge in [0.25, 0.3) is 5.91 Å². The summed E-state index contributed by atoms with van der Waals surface area (Å²) in [6, 6.07) is 6.66. The molecule has 0 radical (unpaired) electrons. The largest absolute Gasteiger partial charge is 0.441 e. The summed E-state index contributed by atoms with van der Waals surface area (Å²) < 4.78 is 20.6. The molecule has 0 fully saturated rings. The zero-order valence-electron chi connectivity index (χ0n) is 14.6. The number of aromatic amines is 1. The third-order valence-electron chi connectivity index (χ3n) is 4.34. The summed E-state index contributed by atoms with van der Waals surface area (Å²) in [4.78, 5) is 23.2. The van der Waals surface area contributed by atoms with E-state index in [4.69, 9.17) is 10.2 Å². The summed E-state index contributed by atoms with van der Waals surface area (Å²) in [5.41, 5.74) is 7.85. The van der Waals surface area contributed by atoms with Crippen molar-refractivity contribution in [3.05, 3.63) is 53.9 Å². The molecule has 3 heterocycles. The van der Waals surface area contributed by atoms with Crippen LogP contribution in [0.4, 0.5) is 10.2 Å². The maximum absolute atomic E-state index is 15.2. The number of nitrogens with two attached hydrogens (primary N) is 1. The van der Waals surface area contributed by atoms with Crippen molar-refractivity contribution >= 4 is 22.6 Å². The number of nitrogens with zero attached hydrogens (tertiary/aromatic N) is 2. The van der Waals surface area contributed by atoms with Crippen LogP contribution in [-0.4, -0.2) is 27.9 Å². The Morgan fingerprint density at radius 1 is 1.26 bits per heavy atom. The fourth-order valence-corrected chi connectivity index (χ4v) is 3.01. The van der Waals surface area contributed by atoms with Gasteiger partial charge in [0.2, 0.25) is 0 Å². The number of rotatable bonds is 3. The van der Waals surface area contributed by atoms with Crippen LogP contribution in [0.5, 0.6) is 0 Å². The van der Waals surface area contributed by atoms with Gasteiger partial charge in [0.1, 0.15) is 11.6 Å². The predicted molar refractivity (Wildman–Crippen MR) is 99.5 cm³/mol. The van der Waals surface area contributed by atoms with Crippen LogP contribution < -0.4 is 11.1 Å². The molecule has 136 valence electrons. The molecule has 0 bridgehead atoms. The van der Waals surface area contributed by atoms with Gasteiger partial charge >= 0.3 is 0 Å². The molecule has 1 amide bonds. The number of carbonyl (C=O) groups excluding carboxylic acids is 1. The summed E-state index contributed by atoms with van der Waals surface area (Å²) in [6.07, 6.45) is 2.88. The number of hydrogen-bond donors (Lipinski definition) is 3. The lowest BCUT2D eigenvalue weighted by atomic mass is 10.0. The lowest BCUT2D eigenvalue weighted by Crippen LogP contribution is -2.18. The van der Waals surface area contributed by atoms with E-state index in [0.717, 1.165) is 0 Å². The smallest absolute Gasteiger partial charge is 0.253 e. The molecule has 0 unspecified atom stereocenters. The van der Waals surface area contributed by atoms with E-state index in [0.29, 0.717) is 44.9 Å². The molecule has 4 rings (SSSR count). The second kappa shape index (κ2) is 6.24. The Balaban J connectivity index is 1.91. The Morgan fingerprint density at radius 3 is 2.74 bits per heavy atom. The van der Waals surface area contributed by atoms with Crippen molar-refractivity contribution in [1.29, 1.82) is 0 Å². The molecular weight excluding hydrogens is 349 g/mol. The van der Waals surface area contributed by atoms with E-state index in [2.05, 4.69) is 20.3 Å². The molecule has 0 aliphatic rings. The highest BCUT2D eigenvalue weighted by molar-refractivity contribution is 6.09. The maximum Gasteiger partial charge on any atom is 0.253 e. The molecule has 0 aliphatic carbocycles. The molecular formula is C19H16FN5O2. The first-order chi connectivity index (χ1) is 13.0. The molecule has 8 heteroatoms. The third kappa shape index (κ3) is 2.71. The van der Waals surface area contributed by atoms with E-state index in [9.17, 15) is 4.79 Å². The summed E-state index contributed by atoms with van der Waals surface area (Å²) in [5.74, 6) is 0.258. The Labute approximate surface area is 153 Å². The van der Waals surface area contributed by atoms with Gasteiger partial charge in [0, 0.05) is 36.8 Å². The second-order valence-electron chi connectivity index (χ2n) is 6.02. The van der Waals surface area contributed by atoms with Gasteiger partial charge in [-0.3, -0.25) is 4.79 Å². The molecule has 7 nitrogen and oxygen atoms in total. The fourth-order valence-electron chi connectivity index (χ4n) is 3.01. The molecule has 0 saturated carbocycles. The summed E-state index contributed by atoms with van der Waals surface area (Å²) in [6.45, 7) is 1.69. The summed E-state index contributed by atoms with van der Waals surface area (Å²) >= 11 is 0. The van der Waals surface area contributed by atoms with Crippen LogP contribution in [0, 0.1) is 12.7 Å². The number of H-pyrrole nitrogens is 1. The number of aromatic nitrogens is 3. The van der Waals surface area contributed by atoms with Gasteiger partial charge in [0.05, 0.1) is 22.8 Å². The average Bonchev–Trinajstić information content (AvgIpc) is 3.29. The van der Waals surface area contributed by atoms with Crippen LogP contribution in [0.1, 0.15) is 16.2 Å². The van der Waals surface area contributed by atoms with Gasteiger partial charge in [-0.05, 0) is 18.2 Å². The number of amides is 1. The number of hydrogen-bond acceptors (Lipinski definition) is 5. The number of oxazole rings is 1. The number of nitrogen functional groups attached to an aromatic ring is 1. The molecule has 1 aromatic carbocycles. The molecule has 0 saturated heterocycles. The van der Waals surface area contributed by atoms with Gasteiger partial charge in [-0.15, -0.1) is 0 Å². The van der Waals surface area contributed by atoms with Gasteiger partial charge < -0.3 is 20.5 Å². The van der Waals surface area contributed by atoms with Crippen LogP contribution >= 0.6 is 0 Å². The number of pyridine rings is 1. The number of benzene rings is 1. The number of halogens is 1.